The minimum absolute atomic E-state index is 0.288. The first kappa shape index (κ1) is 14.9. The fourth-order valence-electron chi connectivity index (χ4n) is 1.51. The molecule has 0 bridgehead atoms. The Kier molecular flexibility index (Phi) is 4.85. The van der Waals surface area contributed by atoms with Gasteiger partial charge in [-0.15, -0.1) is 11.3 Å². The van der Waals surface area contributed by atoms with Gasteiger partial charge in [-0.05, 0) is 12.1 Å². The van der Waals surface area contributed by atoms with Crippen LogP contribution < -0.4 is 15.8 Å². The molecular weight excluding hydrogens is 294 g/mol. The number of hydrogen-bond donors (Lipinski definition) is 3. The van der Waals surface area contributed by atoms with Crippen molar-refractivity contribution in [1.29, 1.82) is 0 Å². The van der Waals surface area contributed by atoms with Gasteiger partial charge in [-0.25, -0.2) is 9.78 Å². The minimum Gasteiger partial charge on any atom is -0.482 e. The van der Waals surface area contributed by atoms with Gasteiger partial charge in [-0.2, -0.15) is 0 Å². The fraction of sp³-hybridized carbons (Fsp3) is 0.154. The number of nitrogens with two attached hydrogens (primary N) is 1. The summed E-state index contributed by atoms with van der Waals surface area (Å²) < 4.78 is 5.04. The van der Waals surface area contributed by atoms with E-state index in [1.54, 1.807) is 23.6 Å². The number of carboxylic acid groups (broad SMARTS) is 1. The molecule has 110 valence electrons. The van der Waals surface area contributed by atoms with Crippen molar-refractivity contribution in [3.8, 4) is 5.75 Å². The largest absolute Gasteiger partial charge is 0.482 e. The van der Waals surface area contributed by atoms with Gasteiger partial charge < -0.3 is 20.9 Å². The normalized spacial score (nSPS) is 10.1. The van der Waals surface area contributed by atoms with E-state index >= 15 is 0 Å². The van der Waals surface area contributed by atoms with Gasteiger partial charge in [0.1, 0.15) is 16.5 Å². The van der Waals surface area contributed by atoms with Crippen LogP contribution in [-0.2, 0) is 11.3 Å². The quantitative estimate of drug-likeness (QED) is 0.741. The van der Waals surface area contributed by atoms with Crippen molar-refractivity contribution >= 4 is 28.9 Å². The Morgan fingerprint density at radius 2 is 2.24 bits per heavy atom. The highest BCUT2D eigenvalue weighted by atomic mass is 32.1. The van der Waals surface area contributed by atoms with Gasteiger partial charge in [0.05, 0.1) is 0 Å². The van der Waals surface area contributed by atoms with E-state index < -0.39 is 12.6 Å². The molecule has 21 heavy (non-hydrogen) atoms. The van der Waals surface area contributed by atoms with Gasteiger partial charge in [0.2, 0.25) is 0 Å². The molecule has 0 saturated carbocycles. The number of nitrogens with one attached hydrogen (secondary N) is 1. The lowest BCUT2D eigenvalue weighted by Crippen LogP contribution is -2.13. The summed E-state index contributed by atoms with van der Waals surface area (Å²) >= 11 is 1.32. The van der Waals surface area contributed by atoms with Crippen LogP contribution in [0.1, 0.15) is 15.5 Å². The maximum Gasteiger partial charge on any atom is 0.341 e. The van der Waals surface area contributed by atoms with Crippen LogP contribution in [0, 0.1) is 0 Å². The highest BCUT2D eigenvalue weighted by Crippen LogP contribution is 2.18. The van der Waals surface area contributed by atoms with Crippen molar-refractivity contribution in [2.24, 2.45) is 5.73 Å². The number of aliphatic carboxylic acids is 1. The third-order valence-corrected chi connectivity index (χ3v) is 3.28. The molecule has 8 heteroatoms. The molecule has 0 atom stereocenters. The zero-order valence-electron chi connectivity index (χ0n) is 10.9. The Hall–Kier alpha value is -2.45. The van der Waals surface area contributed by atoms with E-state index in [9.17, 15) is 9.59 Å². The molecule has 0 saturated heterocycles. The van der Waals surface area contributed by atoms with E-state index in [2.05, 4.69) is 10.3 Å². The van der Waals surface area contributed by atoms with Crippen molar-refractivity contribution in [2.45, 2.75) is 6.54 Å². The van der Waals surface area contributed by atoms with Crippen molar-refractivity contribution in [2.75, 3.05) is 11.9 Å². The molecule has 2 rings (SSSR count). The predicted molar refractivity (Wildman–Crippen MR) is 77.5 cm³/mol. The number of aromatic nitrogens is 1. The smallest absolute Gasteiger partial charge is 0.341 e. The highest BCUT2D eigenvalue weighted by Gasteiger charge is 2.11. The van der Waals surface area contributed by atoms with Gasteiger partial charge in [-0.1, -0.05) is 6.07 Å². The number of ether oxygens (including phenoxy) is 1. The Balaban J connectivity index is 2.03. The van der Waals surface area contributed by atoms with Crippen LogP contribution in [-0.4, -0.2) is 28.6 Å². The van der Waals surface area contributed by atoms with Crippen LogP contribution in [0.5, 0.6) is 5.75 Å². The molecule has 2 aromatic rings. The summed E-state index contributed by atoms with van der Waals surface area (Å²) in [5.74, 6) is -1.07. The molecule has 1 aromatic carbocycles. The van der Waals surface area contributed by atoms with Crippen LogP contribution in [0.15, 0.2) is 29.6 Å². The zero-order chi connectivity index (χ0) is 15.2. The number of anilines is 1. The summed E-state index contributed by atoms with van der Waals surface area (Å²) in [5.41, 5.74) is 6.23. The summed E-state index contributed by atoms with van der Waals surface area (Å²) in [5, 5.41) is 13.5. The number of benzene rings is 1. The van der Waals surface area contributed by atoms with E-state index in [0.717, 1.165) is 0 Å². The summed E-state index contributed by atoms with van der Waals surface area (Å²) in [6.07, 6.45) is 0. The lowest BCUT2D eigenvalue weighted by Gasteiger charge is -2.07. The Morgan fingerprint density at radius 3 is 2.90 bits per heavy atom. The number of hydrogen-bond acceptors (Lipinski definition) is 6. The molecule has 7 nitrogen and oxygen atoms in total. The number of carbonyl (C=O) groups is 2. The van der Waals surface area contributed by atoms with Crippen LogP contribution in [0.2, 0.25) is 0 Å². The molecule has 0 radical (unpaired) electrons. The Labute approximate surface area is 124 Å². The van der Waals surface area contributed by atoms with Gasteiger partial charge in [0.25, 0.3) is 5.91 Å². The monoisotopic (exact) mass is 307 g/mol. The first-order valence-electron chi connectivity index (χ1n) is 5.99. The molecular formula is C13H13N3O4S. The van der Waals surface area contributed by atoms with Crippen molar-refractivity contribution < 1.29 is 19.4 Å². The average Bonchev–Trinajstić information content (AvgIpc) is 2.94. The minimum atomic E-state index is -1.07. The van der Waals surface area contributed by atoms with Crippen molar-refractivity contribution in [3.63, 3.8) is 0 Å². The molecule has 0 spiro atoms. The number of rotatable bonds is 6. The lowest BCUT2D eigenvalue weighted by molar-refractivity contribution is -0.139. The molecule has 0 aliphatic heterocycles. The fourth-order valence-corrected chi connectivity index (χ4v) is 2.17. The maximum atomic E-state index is 12.0. The van der Waals surface area contributed by atoms with Gasteiger partial charge >= 0.3 is 5.97 Å². The van der Waals surface area contributed by atoms with E-state index in [-0.39, 0.29) is 18.1 Å². The number of nitrogens with zero attached hydrogens (tertiary/aromatic N) is 1. The Bertz CT molecular complexity index is 656. The van der Waals surface area contributed by atoms with Gasteiger partial charge in [0.15, 0.2) is 6.61 Å². The van der Waals surface area contributed by atoms with Crippen molar-refractivity contribution in [1.82, 2.24) is 4.98 Å². The van der Waals surface area contributed by atoms with E-state index in [4.69, 9.17) is 15.6 Å². The average molecular weight is 307 g/mol. The SMILES string of the molecule is NCc1nc(C(=O)Nc2cccc(OCC(=O)O)c2)cs1. The molecule has 1 aromatic heterocycles. The topological polar surface area (TPSA) is 115 Å². The van der Waals surface area contributed by atoms with E-state index in [1.165, 1.54) is 17.4 Å². The third kappa shape index (κ3) is 4.26. The highest BCUT2D eigenvalue weighted by molar-refractivity contribution is 7.09. The maximum absolute atomic E-state index is 12.0. The standard InChI is InChI=1S/C13H13N3O4S/c14-5-11-16-10(7-21-11)13(19)15-8-2-1-3-9(4-8)20-6-12(17)18/h1-4,7H,5-6,14H2,(H,15,19)(H,17,18). The van der Waals surface area contributed by atoms with E-state index in [0.29, 0.717) is 16.4 Å². The molecule has 4 N–H and O–H groups in total. The second-order valence-corrected chi connectivity index (χ2v) is 4.94. The molecule has 0 aliphatic carbocycles. The number of carbonyl (C=O) groups excluding carboxylic acids is 1. The summed E-state index contributed by atoms with van der Waals surface area (Å²) in [6.45, 7) is -0.153. The predicted octanol–water partition coefficient (Wildman–Crippen LogP) is 1.32. The Morgan fingerprint density at radius 1 is 1.43 bits per heavy atom. The van der Waals surface area contributed by atoms with Crippen molar-refractivity contribution in [3.05, 3.63) is 40.3 Å². The number of amides is 1. The summed E-state index contributed by atoms with van der Waals surface area (Å²) in [7, 11) is 0. The van der Waals surface area contributed by atoms with Gasteiger partial charge in [0, 0.05) is 23.7 Å². The zero-order valence-corrected chi connectivity index (χ0v) is 11.7. The van der Waals surface area contributed by atoms with Gasteiger partial charge in [-0.3, -0.25) is 4.79 Å². The van der Waals surface area contributed by atoms with Crippen LogP contribution in [0.4, 0.5) is 5.69 Å². The van der Waals surface area contributed by atoms with E-state index in [1.807, 2.05) is 0 Å². The first-order chi connectivity index (χ1) is 10.1. The summed E-state index contributed by atoms with van der Waals surface area (Å²) in [6, 6.07) is 6.46. The first-order valence-corrected chi connectivity index (χ1v) is 6.87. The van der Waals surface area contributed by atoms with Crippen LogP contribution >= 0.6 is 11.3 Å². The molecule has 0 fully saturated rings. The lowest BCUT2D eigenvalue weighted by atomic mass is 10.3. The molecule has 1 amide bonds. The van der Waals surface area contributed by atoms with Crippen LogP contribution in [0.25, 0.3) is 0 Å². The summed E-state index contributed by atoms with van der Waals surface area (Å²) in [4.78, 5) is 26.5. The molecule has 0 unspecified atom stereocenters. The molecule has 0 aliphatic rings. The second-order valence-electron chi connectivity index (χ2n) is 3.99. The number of carboxylic acids is 1. The number of thiazole rings is 1. The van der Waals surface area contributed by atoms with Crippen LogP contribution in [0.3, 0.4) is 0 Å². The third-order valence-electron chi connectivity index (χ3n) is 2.41. The second kappa shape index (κ2) is 6.82. The molecule has 1 heterocycles.